The van der Waals surface area contributed by atoms with Crippen LogP contribution in [0.1, 0.15) is 111 Å². The Bertz CT molecular complexity index is 2220. The van der Waals surface area contributed by atoms with Crippen LogP contribution in [-0.2, 0) is 53.9 Å². The quantitative estimate of drug-likeness (QED) is 0.0506. The monoisotopic (exact) mass is 1240 g/mol. The number of aliphatic hydroxyl groups is 5. The van der Waals surface area contributed by atoms with E-state index < -0.39 is 122 Å². The number of hydrogen-bond acceptors (Lipinski definition) is 18. The molecule has 0 aromatic heterocycles. The molecule has 3 heterocycles. The van der Waals surface area contributed by atoms with E-state index in [4.69, 9.17) is 37.9 Å². The van der Waals surface area contributed by atoms with E-state index >= 15 is 0 Å². The van der Waals surface area contributed by atoms with Crippen LogP contribution in [0.5, 0.6) is 11.5 Å². The summed E-state index contributed by atoms with van der Waals surface area (Å²) in [6.07, 6.45) is -4.78. The normalized spacial score (nSPS) is 34.8. The number of ether oxygens (including phenoxy) is 8. The van der Waals surface area contributed by atoms with Crippen molar-refractivity contribution in [3.63, 3.8) is 0 Å². The van der Waals surface area contributed by atoms with Gasteiger partial charge in [0.15, 0.2) is 24.8 Å². The van der Waals surface area contributed by atoms with Gasteiger partial charge in [0.05, 0.1) is 49.7 Å². The summed E-state index contributed by atoms with van der Waals surface area (Å²) >= 11 is 3.61. The molecule has 3 aliphatic rings. The van der Waals surface area contributed by atoms with E-state index in [0.717, 1.165) is 0 Å². The van der Waals surface area contributed by atoms with Crippen molar-refractivity contribution in [1.82, 2.24) is 0 Å². The molecule has 20 heteroatoms. The predicted octanol–water partition coefficient (Wildman–Crippen LogP) is 6.14. The molecule has 0 spiro atoms. The number of benzene rings is 1. The first kappa shape index (κ1) is 61.5. The second-order valence-corrected chi connectivity index (χ2v) is 21.5. The molecule has 9 unspecified atom stereocenters. The van der Waals surface area contributed by atoms with Gasteiger partial charge >= 0.3 is 17.9 Å². The summed E-state index contributed by atoms with van der Waals surface area (Å²) in [5.41, 5.74) is 0.929. The number of rotatable bonds is 13. The van der Waals surface area contributed by atoms with Gasteiger partial charge in [-0.1, -0.05) is 63.6 Å². The Labute approximate surface area is 449 Å². The molecule has 4 rings (SSSR count). The van der Waals surface area contributed by atoms with Crippen LogP contribution in [0.4, 0.5) is 0 Å². The van der Waals surface area contributed by atoms with Crippen LogP contribution in [0.15, 0.2) is 58.7 Å². The fourth-order valence-electron chi connectivity index (χ4n) is 8.60. The summed E-state index contributed by atoms with van der Waals surface area (Å²) < 4.78 is 48.2. The minimum Gasteiger partial charge on any atom is -0.506 e. The number of phenolic OH excluding ortho intramolecular Hbond substituents is 2. The van der Waals surface area contributed by atoms with E-state index in [-0.39, 0.29) is 45.6 Å². The molecular weight excluding hydrogens is 1170 g/mol. The van der Waals surface area contributed by atoms with Crippen molar-refractivity contribution in [2.24, 2.45) is 11.8 Å². The molecular formula is C52H74I2O18. The molecule has 0 bridgehead atoms. The molecule has 0 amide bonds. The van der Waals surface area contributed by atoms with Crippen LogP contribution in [0.25, 0.3) is 0 Å². The van der Waals surface area contributed by atoms with Crippen LogP contribution in [0.2, 0.25) is 0 Å². The maximum absolute atomic E-state index is 14.0. The average molecular weight is 1240 g/mol. The van der Waals surface area contributed by atoms with Gasteiger partial charge in [0.2, 0.25) is 0 Å². The van der Waals surface area contributed by atoms with Gasteiger partial charge in [0.1, 0.15) is 53.2 Å². The van der Waals surface area contributed by atoms with Gasteiger partial charge in [-0.15, -0.1) is 0 Å². The number of phenols is 2. The second kappa shape index (κ2) is 27.2. The van der Waals surface area contributed by atoms with E-state index in [1.54, 1.807) is 89.3 Å². The molecule has 2 fully saturated rings. The van der Waals surface area contributed by atoms with Crippen molar-refractivity contribution >= 4 is 63.1 Å². The Hall–Kier alpha value is -3.01. The van der Waals surface area contributed by atoms with Gasteiger partial charge in [-0.2, -0.15) is 0 Å². The highest BCUT2D eigenvalue weighted by molar-refractivity contribution is 14.1. The molecule has 2 saturated heterocycles. The largest absolute Gasteiger partial charge is 0.506 e. The second-order valence-electron chi connectivity index (χ2n) is 19.4. The van der Waals surface area contributed by atoms with Gasteiger partial charge < -0.3 is 73.6 Å². The maximum atomic E-state index is 14.0. The Kier molecular flexibility index (Phi) is 23.2. The van der Waals surface area contributed by atoms with Crippen LogP contribution in [0, 0.1) is 19.0 Å². The number of aliphatic hydroxyl groups excluding tert-OH is 5. The van der Waals surface area contributed by atoms with Gasteiger partial charge in [-0.05, 0) is 136 Å². The van der Waals surface area contributed by atoms with E-state index in [1.165, 1.54) is 20.1 Å². The number of hydrogen-bond donors (Lipinski definition) is 7. The summed E-state index contributed by atoms with van der Waals surface area (Å²) in [6.45, 7) is 18.3. The minimum atomic E-state index is -1.60. The van der Waals surface area contributed by atoms with Crippen LogP contribution < -0.4 is 0 Å². The maximum Gasteiger partial charge on any atom is 0.342 e. The zero-order valence-electron chi connectivity index (χ0n) is 43.0. The molecule has 72 heavy (non-hydrogen) atoms. The molecule has 1 aromatic rings. The lowest BCUT2D eigenvalue weighted by atomic mass is 9.88. The van der Waals surface area contributed by atoms with Gasteiger partial charge in [-0.25, -0.2) is 9.59 Å². The van der Waals surface area contributed by atoms with Crippen molar-refractivity contribution in [1.29, 1.82) is 0 Å². The summed E-state index contributed by atoms with van der Waals surface area (Å²) in [5.74, 6) is -3.84. The highest BCUT2D eigenvalue weighted by atomic mass is 127. The third-order valence-corrected chi connectivity index (χ3v) is 15.2. The molecule has 0 aliphatic carbocycles. The van der Waals surface area contributed by atoms with Crippen molar-refractivity contribution in [3.05, 3.63) is 77.0 Å². The number of methoxy groups -OCH3 is 1. The standard InChI is InChI=1S/C52H74I2O18/c1-13-30-22-26(6)33(56)18-16-15-17-31(23-66-51-45(65-12)42(61)44(29(9)67-51)69-49(64)35-32(14-2)36(53)39(58)37(54)38(35)57)48(63)68-34(28(8)55)20-19-25(5)21-27(7)43(30)70-50-41(60)40(59)46(52(10,11)72-50)71-47(62)24(3)4/h15-17,19,21-22,24,28-30,33-34,40-46,50-51,55-61H,13-14,18,20,23H2,1-12H3/b16-15+,25-19+,26-22+,27-21+,31-17+/t28-,29?,30+,33+,34+,40?,41?,42?,43-,44?,45?,46?,50?,51?/m1/s1. The lowest BCUT2D eigenvalue weighted by molar-refractivity contribution is -0.333. The predicted molar refractivity (Wildman–Crippen MR) is 281 cm³/mol. The highest BCUT2D eigenvalue weighted by Gasteiger charge is 2.53. The summed E-state index contributed by atoms with van der Waals surface area (Å²) in [5, 5.41) is 77.8. The van der Waals surface area contributed by atoms with Crippen molar-refractivity contribution < 1.29 is 88.0 Å². The number of cyclic esters (lactones) is 1. The fourth-order valence-corrected chi connectivity index (χ4v) is 10.6. The van der Waals surface area contributed by atoms with E-state index in [9.17, 15) is 50.1 Å². The molecule has 404 valence electrons. The Morgan fingerprint density at radius 2 is 1.57 bits per heavy atom. The minimum absolute atomic E-state index is 0.0136. The number of carbonyl (C=O) groups is 3. The molecule has 0 radical (unpaired) electrons. The number of carbonyl (C=O) groups excluding carboxylic acids is 3. The molecule has 7 N–H and O–H groups in total. The van der Waals surface area contributed by atoms with Gasteiger partial charge in [0, 0.05) is 19.4 Å². The molecule has 0 saturated carbocycles. The first-order valence-electron chi connectivity index (χ1n) is 24.2. The highest BCUT2D eigenvalue weighted by Crippen LogP contribution is 2.41. The number of esters is 3. The van der Waals surface area contributed by atoms with E-state index in [0.29, 0.717) is 32.3 Å². The Balaban J connectivity index is 1.61. The van der Waals surface area contributed by atoms with Crippen molar-refractivity contribution in [2.75, 3.05) is 13.7 Å². The summed E-state index contributed by atoms with van der Waals surface area (Å²) in [6, 6.07) is 0. The average Bonchev–Trinajstić information content (AvgIpc) is 3.32. The molecule has 1 aromatic carbocycles. The zero-order valence-corrected chi connectivity index (χ0v) is 47.4. The molecule has 18 nitrogen and oxygen atoms in total. The smallest absolute Gasteiger partial charge is 0.342 e. The first-order chi connectivity index (χ1) is 33.7. The van der Waals surface area contributed by atoms with Crippen LogP contribution in [-0.4, -0.2) is 153 Å². The van der Waals surface area contributed by atoms with Crippen LogP contribution in [0.3, 0.4) is 0 Å². The summed E-state index contributed by atoms with van der Waals surface area (Å²) in [7, 11) is 1.30. The van der Waals surface area contributed by atoms with Crippen LogP contribution >= 0.6 is 45.2 Å². The van der Waals surface area contributed by atoms with Crippen molar-refractivity contribution in [2.45, 2.75) is 187 Å². The third kappa shape index (κ3) is 15.1. The van der Waals surface area contributed by atoms with Gasteiger partial charge in [0.25, 0.3) is 0 Å². The Morgan fingerprint density at radius 1 is 0.903 bits per heavy atom. The third-order valence-electron chi connectivity index (χ3n) is 13.0. The summed E-state index contributed by atoms with van der Waals surface area (Å²) in [4.78, 5) is 40.1. The topological polar surface area (TPSA) is 267 Å². The van der Waals surface area contributed by atoms with E-state index in [1.807, 2.05) is 55.5 Å². The lowest BCUT2D eigenvalue weighted by Crippen LogP contribution is -2.64. The van der Waals surface area contributed by atoms with Crippen molar-refractivity contribution in [3.8, 4) is 11.5 Å². The lowest BCUT2D eigenvalue weighted by Gasteiger charge is -2.47. The molecule has 14 atom stereocenters. The Morgan fingerprint density at radius 3 is 2.17 bits per heavy atom. The number of allylic oxidation sites excluding steroid dienone is 4. The zero-order chi connectivity index (χ0) is 54.1. The first-order valence-corrected chi connectivity index (χ1v) is 26.3. The molecule has 3 aliphatic heterocycles. The fraction of sp³-hybridized carbons (Fsp3) is 0.635. The SMILES string of the molecule is CCc1c(I)c(O)c(I)c(O)c1C(=O)OC1C(C)OC(OC/C2=C\C=C\C[C@H](O)/C(C)=C/[C@H](CC)[C@H](OC3OC(C)(C)C(OC(=O)C(C)C)C(O)C3O)/C(C)=C/C(C)=C/C[C@@H]([C@@H](C)O)OC2=O)C(OC)C1O. The number of aromatic hydroxyl groups is 2. The number of halogens is 2. The van der Waals surface area contributed by atoms with Gasteiger partial charge in [-0.3, -0.25) is 4.79 Å². The van der Waals surface area contributed by atoms with E-state index in [2.05, 4.69) is 0 Å².